The van der Waals surface area contributed by atoms with Crippen LogP contribution in [-0.2, 0) is 0 Å². The molecule has 0 amide bonds. The number of anilines is 2. The molecule has 0 aliphatic rings. The van der Waals surface area contributed by atoms with Crippen molar-refractivity contribution < 1.29 is 9.13 Å². The molecule has 21 heavy (non-hydrogen) atoms. The maximum absolute atomic E-state index is 14.0. The predicted molar refractivity (Wildman–Crippen MR) is 75.5 cm³/mol. The molecular weight excluding hydrogens is 273 g/mol. The van der Waals surface area contributed by atoms with Crippen LogP contribution in [0.2, 0.25) is 0 Å². The fourth-order valence-corrected chi connectivity index (χ4v) is 1.86. The van der Waals surface area contributed by atoms with Gasteiger partial charge in [-0.25, -0.2) is 9.37 Å². The highest BCUT2D eigenvalue weighted by Crippen LogP contribution is 2.31. The lowest BCUT2D eigenvalue weighted by Gasteiger charge is -2.10. The topological polar surface area (TPSA) is 111 Å². The number of nitrogen functional groups attached to an aromatic ring is 2. The molecule has 0 fully saturated rings. The first-order chi connectivity index (χ1) is 10.0. The third-order valence-corrected chi connectivity index (χ3v) is 2.74. The van der Waals surface area contributed by atoms with E-state index in [0.717, 1.165) is 6.07 Å². The van der Waals surface area contributed by atoms with Crippen LogP contribution >= 0.6 is 0 Å². The Morgan fingerprint density at radius 2 is 2.05 bits per heavy atom. The number of nitrogens with two attached hydrogens (primary N) is 2. The number of nitriles is 1. The number of benzene rings is 1. The van der Waals surface area contributed by atoms with Crippen molar-refractivity contribution in [3.63, 3.8) is 0 Å². The number of terminal acetylenes is 1. The summed E-state index contributed by atoms with van der Waals surface area (Å²) < 4.78 is 18.9. The minimum absolute atomic E-state index is 0.00302. The van der Waals surface area contributed by atoms with Crippen molar-refractivity contribution in [3.05, 3.63) is 29.1 Å². The summed E-state index contributed by atoms with van der Waals surface area (Å²) >= 11 is 0. The Balaban J connectivity index is 2.78. The normalized spacial score (nSPS) is 9.71. The number of nitrogens with zero attached hydrogens (tertiary/aromatic N) is 3. The fourth-order valence-electron chi connectivity index (χ4n) is 1.86. The van der Waals surface area contributed by atoms with Crippen LogP contribution in [0.4, 0.5) is 16.2 Å². The summed E-state index contributed by atoms with van der Waals surface area (Å²) in [5.74, 6) is 1.36. The van der Waals surface area contributed by atoms with Crippen LogP contribution in [0.1, 0.15) is 11.1 Å². The van der Waals surface area contributed by atoms with Crippen molar-refractivity contribution in [3.8, 4) is 35.4 Å². The van der Waals surface area contributed by atoms with Crippen molar-refractivity contribution in [2.24, 2.45) is 0 Å². The number of aromatic nitrogens is 2. The van der Waals surface area contributed by atoms with E-state index in [1.807, 2.05) is 6.07 Å². The Morgan fingerprint density at radius 1 is 1.33 bits per heavy atom. The zero-order valence-electron chi connectivity index (χ0n) is 11.0. The average molecular weight is 283 g/mol. The van der Waals surface area contributed by atoms with E-state index in [-0.39, 0.29) is 39.9 Å². The van der Waals surface area contributed by atoms with Crippen LogP contribution in [0.5, 0.6) is 5.75 Å². The summed E-state index contributed by atoms with van der Waals surface area (Å²) in [5, 5.41) is 9.14. The van der Waals surface area contributed by atoms with Crippen LogP contribution in [0.15, 0.2) is 12.1 Å². The van der Waals surface area contributed by atoms with Gasteiger partial charge in [0, 0.05) is 5.56 Å². The Kier molecular flexibility index (Phi) is 3.59. The molecule has 0 radical (unpaired) electrons. The second-order valence-electron chi connectivity index (χ2n) is 3.99. The molecule has 0 aliphatic heterocycles. The largest absolute Gasteiger partial charge is 0.492 e. The lowest BCUT2D eigenvalue weighted by atomic mass is 10.0. The van der Waals surface area contributed by atoms with E-state index in [1.165, 1.54) is 13.2 Å². The molecule has 6 nitrogen and oxygen atoms in total. The van der Waals surface area contributed by atoms with Gasteiger partial charge in [-0.15, -0.1) is 6.42 Å². The molecule has 104 valence electrons. The number of methoxy groups -OCH3 is 1. The molecule has 4 N–H and O–H groups in total. The zero-order chi connectivity index (χ0) is 15.6. The molecule has 0 saturated carbocycles. The monoisotopic (exact) mass is 283 g/mol. The Labute approximate surface area is 120 Å². The van der Waals surface area contributed by atoms with E-state index in [1.54, 1.807) is 0 Å². The van der Waals surface area contributed by atoms with Gasteiger partial charge >= 0.3 is 0 Å². The summed E-state index contributed by atoms with van der Waals surface area (Å²) in [6.07, 6.45) is 5.33. The number of halogens is 1. The highest BCUT2D eigenvalue weighted by molar-refractivity contribution is 5.75. The first-order valence-electron chi connectivity index (χ1n) is 5.69. The van der Waals surface area contributed by atoms with Crippen LogP contribution in [0, 0.1) is 29.5 Å². The molecule has 7 heteroatoms. The van der Waals surface area contributed by atoms with Gasteiger partial charge in [0.05, 0.1) is 18.4 Å². The summed E-state index contributed by atoms with van der Waals surface area (Å²) in [6, 6.07) is 4.47. The standard InChI is InChI=1S/C14H10FN5O/c1-3-7-4-8(5-10(15)12(7)21-2)11-9(6-16)13(17)20-14(18)19-11/h1,4-5H,2H3,(H4,17,18,19,20). The molecule has 0 atom stereocenters. The predicted octanol–water partition coefficient (Wildman–Crippen LogP) is 1.31. The van der Waals surface area contributed by atoms with E-state index in [9.17, 15) is 4.39 Å². The highest BCUT2D eigenvalue weighted by Gasteiger charge is 2.17. The Bertz CT molecular complexity index is 804. The minimum Gasteiger partial charge on any atom is -0.492 e. The van der Waals surface area contributed by atoms with Crippen molar-refractivity contribution in [1.82, 2.24) is 9.97 Å². The average Bonchev–Trinajstić information content (AvgIpc) is 2.45. The van der Waals surface area contributed by atoms with Crippen LogP contribution in [0.3, 0.4) is 0 Å². The zero-order valence-corrected chi connectivity index (χ0v) is 11.0. The fraction of sp³-hybridized carbons (Fsp3) is 0.0714. The van der Waals surface area contributed by atoms with Crippen LogP contribution in [-0.4, -0.2) is 17.1 Å². The SMILES string of the molecule is C#Cc1cc(-c2nc(N)nc(N)c2C#N)cc(F)c1OC. The minimum atomic E-state index is -0.678. The van der Waals surface area contributed by atoms with Gasteiger partial charge in [-0.1, -0.05) is 5.92 Å². The molecule has 1 heterocycles. The molecule has 2 rings (SSSR count). The van der Waals surface area contributed by atoms with Crippen molar-refractivity contribution >= 4 is 11.8 Å². The number of ether oxygens (including phenoxy) is 1. The molecule has 0 bridgehead atoms. The number of hydrogen-bond donors (Lipinski definition) is 2. The first-order valence-corrected chi connectivity index (χ1v) is 5.69. The van der Waals surface area contributed by atoms with Crippen LogP contribution < -0.4 is 16.2 Å². The summed E-state index contributed by atoms with van der Waals surface area (Å²) in [6.45, 7) is 0. The van der Waals surface area contributed by atoms with E-state index in [2.05, 4.69) is 15.9 Å². The van der Waals surface area contributed by atoms with Gasteiger partial charge in [-0.2, -0.15) is 10.2 Å². The maximum Gasteiger partial charge on any atom is 0.222 e. The van der Waals surface area contributed by atoms with E-state index < -0.39 is 5.82 Å². The molecule has 1 aromatic heterocycles. The Hall–Kier alpha value is -3.32. The summed E-state index contributed by atoms with van der Waals surface area (Å²) in [7, 11) is 1.31. The number of rotatable bonds is 2. The third kappa shape index (κ3) is 2.40. The maximum atomic E-state index is 14.0. The van der Waals surface area contributed by atoms with Gasteiger partial charge in [0.15, 0.2) is 11.6 Å². The van der Waals surface area contributed by atoms with Crippen molar-refractivity contribution in [1.29, 1.82) is 5.26 Å². The molecule has 2 aromatic rings. The van der Waals surface area contributed by atoms with Gasteiger partial charge in [0.2, 0.25) is 5.95 Å². The van der Waals surface area contributed by atoms with Gasteiger partial charge in [-0.3, -0.25) is 0 Å². The first kappa shape index (κ1) is 14.1. The highest BCUT2D eigenvalue weighted by atomic mass is 19.1. The molecule has 0 saturated heterocycles. The molecule has 0 spiro atoms. The van der Waals surface area contributed by atoms with Crippen molar-refractivity contribution in [2.75, 3.05) is 18.6 Å². The van der Waals surface area contributed by atoms with Gasteiger partial charge < -0.3 is 16.2 Å². The van der Waals surface area contributed by atoms with Crippen molar-refractivity contribution in [2.45, 2.75) is 0 Å². The second-order valence-corrected chi connectivity index (χ2v) is 3.99. The van der Waals surface area contributed by atoms with Crippen LogP contribution in [0.25, 0.3) is 11.3 Å². The van der Waals surface area contributed by atoms with Gasteiger partial charge in [0.1, 0.15) is 17.5 Å². The summed E-state index contributed by atoms with van der Waals surface area (Å²) in [5.41, 5.74) is 11.7. The molecular formula is C14H10FN5O. The summed E-state index contributed by atoms with van der Waals surface area (Å²) in [4.78, 5) is 7.63. The lowest BCUT2D eigenvalue weighted by Crippen LogP contribution is -2.05. The third-order valence-electron chi connectivity index (χ3n) is 2.74. The molecule has 0 unspecified atom stereocenters. The van der Waals surface area contributed by atoms with E-state index in [0.29, 0.717) is 0 Å². The molecule has 0 aliphatic carbocycles. The smallest absolute Gasteiger partial charge is 0.222 e. The molecule has 1 aromatic carbocycles. The second kappa shape index (κ2) is 5.35. The van der Waals surface area contributed by atoms with E-state index in [4.69, 9.17) is 27.9 Å². The van der Waals surface area contributed by atoms with Gasteiger partial charge in [0.25, 0.3) is 0 Å². The van der Waals surface area contributed by atoms with E-state index >= 15 is 0 Å². The lowest BCUT2D eigenvalue weighted by molar-refractivity contribution is 0.385. The Morgan fingerprint density at radius 3 is 2.62 bits per heavy atom. The quantitative estimate of drug-likeness (QED) is 0.804. The number of hydrogen-bond acceptors (Lipinski definition) is 6. The van der Waals surface area contributed by atoms with Gasteiger partial charge in [-0.05, 0) is 12.1 Å².